The number of nitro groups is 1. The zero-order valence-electron chi connectivity index (χ0n) is 10.8. The largest absolute Gasteiger partial charge is 0.469 e. The number of hydrogen-bond acceptors (Lipinski definition) is 5. The summed E-state index contributed by atoms with van der Waals surface area (Å²) >= 11 is 0. The van der Waals surface area contributed by atoms with Crippen molar-refractivity contribution >= 4 is 11.7 Å². The summed E-state index contributed by atoms with van der Waals surface area (Å²) in [6.45, 7) is 0.743. The highest BCUT2D eigenvalue weighted by Crippen LogP contribution is 2.17. The summed E-state index contributed by atoms with van der Waals surface area (Å²) in [7, 11) is 3.04. The van der Waals surface area contributed by atoms with Crippen LogP contribution in [0.1, 0.15) is 12.0 Å². The summed E-state index contributed by atoms with van der Waals surface area (Å²) in [6, 6.07) is 3.43. The van der Waals surface area contributed by atoms with Gasteiger partial charge >= 0.3 is 5.97 Å². The van der Waals surface area contributed by atoms with Gasteiger partial charge in [-0.05, 0) is 18.7 Å². The minimum Gasteiger partial charge on any atom is -0.469 e. The minimum atomic E-state index is -0.648. The van der Waals surface area contributed by atoms with Gasteiger partial charge in [0.15, 0.2) is 0 Å². The van der Waals surface area contributed by atoms with E-state index in [1.807, 2.05) is 0 Å². The fourth-order valence-electron chi connectivity index (χ4n) is 1.60. The van der Waals surface area contributed by atoms with Crippen molar-refractivity contribution in [3.05, 3.63) is 39.7 Å². The number of hydrogen-bond donors (Lipinski definition) is 0. The molecule has 0 bridgehead atoms. The summed E-state index contributed by atoms with van der Waals surface area (Å²) in [5.41, 5.74) is 0.204. The standard InChI is InChI=1S/C12H15FN2O4/c1-14(4-3-12(16)19-2)8-9-5-10(13)7-11(6-9)15(17)18/h5-7H,3-4,8H2,1-2H3. The first kappa shape index (κ1) is 15.0. The fraction of sp³-hybridized carbons (Fsp3) is 0.417. The number of halogens is 1. The van der Waals surface area contributed by atoms with E-state index in [-0.39, 0.29) is 18.1 Å². The van der Waals surface area contributed by atoms with E-state index in [2.05, 4.69) is 4.74 Å². The van der Waals surface area contributed by atoms with Crippen molar-refractivity contribution in [3.63, 3.8) is 0 Å². The van der Waals surface area contributed by atoms with Gasteiger partial charge in [-0.2, -0.15) is 0 Å². The number of methoxy groups -OCH3 is 1. The van der Waals surface area contributed by atoms with Crippen LogP contribution in [0.5, 0.6) is 0 Å². The lowest BCUT2D eigenvalue weighted by Crippen LogP contribution is -2.22. The molecule has 0 spiro atoms. The Morgan fingerprint density at radius 1 is 1.47 bits per heavy atom. The molecule has 0 saturated heterocycles. The van der Waals surface area contributed by atoms with E-state index >= 15 is 0 Å². The van der Waals surface area contributed by atoms with E-state index in [1.54, 1.807) is 11.9 Å². The monoisotopic (exact) mass is 270 g/mol. The maximum absolute atomic E-state index is 13.2. The second-order valence-electron chi connectivity index (χ2n) is 4.14. The molecule has 0 radical (unpaired) electrons. The molecule has 7 heteroatoms. The van der Waals surface area contributed by atoms with Crippen LogP contribution in [0, 0.1) is 15.9 Å². The molecular formula is C12H15FN2O4. The maximum Gasteiger partial charge on any atom is 0.306 e. The molecular weight excluding hydrogens is 255 g/mol. The maximum atomic E-state index is 13.2. The molecule has 0 atom stereocenters. The van der Waals surface area contributed by atoms with Crippen molar-refractivity contribution in [3.8, 4) is 0 Å². The first-order valence-corrected chi connectivity index (χ1v) is 5.61. The summed E-state index contributed by atoms with van der Waals surface area (Å²) in [5, 5.41) is 10.6. The SMILES string of the molecule is COC(=O)CCN(C)Cc1cc(F)cc([N+](=O)[O-])c1. The second-order valence-corrected chi connectivity index (χ2v) is 4.14. The van der Waals surface area contributed by atoms with Crippen LogP contribution >= 0.6 is 0 Å². The van der Waals surface area contributed by atoms with Crippen molar-refractivity contribution in [2.45, 2.75) is 13.0 Å². The fourth-order valence-corrected chi connectivity index (χ4v) is 1.60. The molecule has 0 N–H and O–H groups in total. The molecule has 1 aromatic rings. The minimum absolute atomic E-state index is 0.213. The average Bonchev–Trinajstić information content (AvgIpc) is 2.35. The van der Waals surface area contributed by atoms with Crippen molar-refractivity contribution in [2.24, 2.45) is 0 Å². The van der Waals surface area contributed by atoms with Crippen LogP contribution < -0.4 is 0 Å². The Hall–Kier alpha value is -2.02. The van der Waals surface area contributed by atoms with E-state index in [4.69, 9.17) is 0 Å². The van der Waals surface area contributed by atoms with Gasteiger partial charge in [0.05, 0.1) is 24.5 Å². The first-order valence-electron chi connectivity index (χ1n) is 5.61. The molecule has 0 fully saturated rings. The van der Waals surface area contributed by atoms with Crippen molar-refractivity contribution < 1.29 is 18.8 Å². The van der Waals surface area contributed by atoms with Crippen molar-refractivity contribution in [1.29, 1.82) is 0 Å². The van der Waals surface area contributed by atoms with Gasteiger partial charge in [0.1, 0.15) is 5.82 Å². The van der Waals surface area contributed by atoms with Crippen LogP contribution in [-0.4, -0.2) is 36.5 Å². The Morgan fingerprint density at radius 3 is 2.74 bits per heavy atom. The van der Waals surface area contributed by atoms with Crippen LogP contribution in [-0.2, 0) is 16.1 Å². The molecule has 6 nitrogen and oxygen atoms in total. The van der Waals surface area contributed by atoms with Crippen LogP contribution in [0.15, 0.2) is 18.2 Å². The van der Waals surface area contributed by atoms with E-state index in [1.165, 1.54) is 19.2 Å². The number of rotatable bonds is 6. The van der Waals surface area contributed by atoms with Gasteiger partial charge in [0.2, 0.25) is 0 Å². The van der Waals surface area contributed by atoms with Crippen LogP contribution in [0.4, 0.5) is 10.1 Å². The number of nitrogens with zero attached hydrogens (tertiary/aromatic N) is 2. The van der Waals surface area contributed by atoms with Crippen molar-refractivity contribution in [2.75, 3.05) is 20.7 Å². The third kappa shape index (κ3) is 5.01. The van der Waals surface area contributed by atoms with Gasteiger partial charge in [0.25, 0.3) is 5.69 Å². The Labute approximate surface area is 109 Å². The van der Waals surface area contributed by atoms with Gasteiger partial charge in [-0.25, -0.2) is 4.39 Å². The molecule has 0 saturated carbocycles. The predicted octanol–water partition coefficient (Wildman–Crippen LogP) is 1.73. The number of ether oxygens (including phenoxy) is 1. The van der Waals surface area contributed by atoms with Crippen LogP contribution in [0.3, 0.4) is 0 Å². The number of carbonyl (C=O) groups excluding carboxylic acids is 1. The summed E-state index contributed by atoms with van der Waals surface area (Å²) in [4.78, 5) is 22.7. The Kier molecular flexibility index (Phi) is 5.37. The lowest BCUT2D eigenvalue weighted by atomic mass is 10.2. The van der Waals surface area contributed by atoms with Crippen molar-refractivity contribution in [1.82, 2.24) is 4.90 Å². The average molecular weight is 270 g/mol. The summed E-state index contributed by atoms with van der Waals surface area (Å²) < 4.78 is 17.7. The quantitative estimate of drug-likeness (QED) is 0.447. The highest BCUT2D eigenvalue weighted by atomic mass is 19.1. The third-order valence-electron chi connectivity index (χ3n) is 2.53. The molecule has 0 aliphatic heterocycles. The molecule has 0 unspecified atom stereocenters. The molecule has 0 heterocycles. The topological polar surface area (TPSA) is 72.7 Å². The normalized spacial score (nSPS) is 10.5. The summed E-state index contributed by atoms with van der Waals surface area (Å²) in [6.07, 6.45) is 0.213. The van der Waals surface area contributed by atoms with Gasteiger partial charge in [0, 0.05) is 19.2 Å². The highest BCUT2D eigenvalue weighted by molar-refractivity contribution is 5.69. The van der Waals surface area contributed by atoms with Crippen LogP contribution in [0.25, 0.3) is 0 Å². The van der Waals surface area contributed by atoms with Gasteiger partial charge < -0.3 is 9.64 Å². The Balaban J connectivity index is 2.66. The van der Waals surface area contributed by atoms with Gasteiger partial charge in [-0.15, -0.1) is 0 Å². The Bertz CT molecular complexity index is 479. The lowest BCUT2D eigenvalue weighted by molar-refractivity contribution is -0.385. The third-order valence-corrected chi connectivity index (χ3v) is 2.53. The molecule has 19 heavy (non-hydrogen) atoms. The second kappa shape index (κ2) is 6.79. The number of carbonyl (C=O) groups is 1. The molecule has 0 amide bonds. The van der Waals surface area contributed by atoms with E-state index in [0.29, 0.717) is 18.7 Å². The molecule has 104 valence electrons. The van der Waals surface area contributed by atoms with E-state index in [9.17, 15) is 19.3 Å². The smallest absolute Gasteiger partial charge is 0.306 e. The molecule has 1 aromatic carbocycles. The molecule has 0 aromatic heterocycles. The van der Waals surface area contributed by atoms with E-state index < -0.39 is 10.7 Å². The lowest BCUT2D eigenvalue weighted by Gasteiger charge is -2.15. The number of benzene rings is 1. The molecule has 0 aliphatic rings. The Morgan fingerprint density at radius 2 is 2.16 bits per heavy atom. The number of esters is 1. The molecule has 1 rings (SSSR count). The van der Waals surface area contributed by atoms with Crippen LogP contribution in [0.2, 0.25) is 0 Å². The zero-order valence-corrected chi connectivity index (χ0v) is 10.8. The zero-order chi connectivity index (χ0) is 14.4. The van der Waals surface area contributed by atoms with Gasteiger partial charge in [-0.3, -0.25) is 14.9 Å². The number of nitro benzene ring substituents is 1. The molecule has 0 aliphatic carbocycles. The number of non-ortho nitro benzene ring substituents is 1. The predicted molar refractivity (Wildman–Crippen MR) is 66.0 cm³/mol. The van der Waals surface area contributed by atoms with E-state index in [0.717, 1.165) is 6.07 Å². The van der Waals surface area contributed by atoms with Gasteiger partial charge in [-0.1, -0.05) is 0 Å². The first-order chi connectivity index (χ1) is 8.92. The highest BCUT2D eigenvalue weighted by Gasteiger charge is 2.11. The summed E-state index contributed by atoms with van der Waals surface area (Å²) in [5.74, 6) is -0.984.